The number of carbonyl (C=O) groups excluding carboxylic acids is 1. The van der Waals surface area contributed by atoms with Crippen LogP contribution in [0.5, 0.6) is 0 Å². The number of nitriles is 1. The molecule has 1 heterocycles. The summed E-state index contributed by atoms with van der Waals surface area (Å²) in [4.78, 5) is 11.9. The summed E-state index contributed by atoms with van der Waals surface area (Å²) in [6.45, 7) is 0. The molecular weight excluding hydrogens is 462 g/mol. The standard InChI is InChI=1S/C14H8ClF3IN3O2/c1-24-13(23)12-10(21)6(4-20)5-22(12)11-8(15)2-7(3-9(11)19)14(16,17)18/h2-3,5H,21H2,1H3. The van der Waals surface area contributed by atoms with Gasteiger partial charge < -0.3 is 15.0 Å². The second-order valence-corrected chi connectivity index (χ2v) is 6.13. The number of halogens is 5. The van der Waals surface area contributed by atoms with Crippen LogP contribution in [-0.4, -0.2) is 17.6 Å². The summed E-state index contributed by atoms with van der Waals surface area (Å²) in [5.41, 5.74) is 4.57. The quantitative estimate of drug-likeness (QED) is 0.533. The largest absolute Gasteiger partial charge is 0.464 e. The smallest absolute Gasteiger partial charge is 0.416 e. The molecule has 0 aliphatic rings. The lowest BCUT2D eigenvalue weighted by Crippen LogP contribution is -2.13. The summed E-state index contributed by atoms with van der Waals surface area (Å²) >= 11 is 7.66. The van der Waals surface area contributed by atoms with Gasteiger partial charge >= 0.3 is 12.1 Å². The summed E-state index contributed by atoms with van der Waals surface area (Å²) in [7, 11) is 1.12. The molecule has 126 valence electrons. The molecule has 0 radical (unpaired) electrons. The van der Waals surface area contributed by atoms with Crippen LogP contribution in [0.2, 0.25) is 5.02 Å². The molecule has 24 heavy (non-hydrogen) atoms. The van der Waals surface area contributed by atoms with Gasteiger partial charge in [0.15, 0.2) is 5.69 Å². The third-order valence-electron chi connectivity index (χ3n) is 3.13. The van der Waals surface area contributed by atoms with Crippen LogP contribution in [0.1, 0.15) is 21.6 Å². The number of nitrogens with two attached hydrogens (primary N) is 1. The molecule has 2 N–H and O–H groups in total. The molecular formula is C14H8ClF3IN3O2. The molecule has 2 aromatic rings. The Morgan fingerprint density at radius 2 is 2.08 bits per heavy atom. The van der Waals surface area contributed by atoms with Crippen LogP contribution in [0.15, 0.2) is 18.3 Å². The van der Waals surface area contributed by atoms with E-state index in [0.717, 1.165) is 23.8 Å². The average Bonchev–Trinajstić information content (AvgIpc) is 2.81. The first-order valence-electron chi connectivity index (χ1n) is 6.17. The Kier molecular flexibility index (Phi) is 5.00. The number of nitrogens with zero attached hydrogens (tertiary/aromatic N) is 2. The van der Waals surface area contributed by atoms with Crippen LogP contribution in [-0.2, 0) is 10.9 Å². The first-order chi connectivity index (χ1) is 11.1. The lowest BCUT2D eigenvalue weighted by atomic mass is 10.2. The molecule has 0 unspecified atom stereocenters. The molecule has 1 aromatic carbocycles. The number of hydrogen-bond donors (Lipinski definition) is 1. The van der Waals surface area contributed by atoms with Gasteiger partial charge in [0, 0.05) is 9.77 Å². The van der Waals surface area contributed by atoms with Gasteiger partial charge in [-0.3, -0.25) is 0 Å². The second-order valence-electron chi connectivity index (χ2n) is 4.56. The van der Waals surface area contributed by atoms with Crippen molar-refractivity contribution < 1.29 is 22.7 Å². The maximum absolute atomic E-state index is 12.9. The minimum Gasteiger partial charge on any atom is -0.464 e. The van der Waals surface area contributed by atoms with Gasteiger partial charge in [-0.1, -0.05) is 11.6 Å². The van der Waals surface area contributed by atoms with Crippen molar-refractivity contribution in [2.24, 2.45) is 0 Å². The van der Waals surface area contributed by atoms with Crippen LogP contribution in [0.3, 0.4) is 0 Å². The van der Waals surface area contributed by atoms with Gasteiger partial charge in [0.2, 0.25) is 0 Å². The molecule has 0 saturated heterocycles. The van der Waals surface area contributed by atoms with Gasteiger partial charge in [-0.2, -0.15) is 18.4 Å². The zero-order valence-electron chi connectivity index (χ0n) is 11.9. The van der Waals surface area contributed by atoms with E-state index in [2.05, 4.69) is 4.74 Å². The number of esters is 1. The molecule has 0 aliphatic heterocycles. The van der Waals surface area contributed by atoms with E-state index in [4.69, 9.17) is 22.6 Å². The summed E-state index contributed by atoms with van der Waals surface area (Å²) in [5, 5.41) is 8.82. The van der Waals surface area contributed by atoms with E-state index in [1.54, 1.807) is 28.7 Å². The highest BCUT2D eigenvalue weighted by Crippen LogP contribution is 2.37. The van der Waals surface area contributed by atoms with Crippen molar-refractivity contribution in [2.75, 3.05) is 12.8 Å². The number of carbonyl (C=O) groups is 1. The van der Waals surface area contributed by atoms with Crippen molar-refractivity contribution in [3.05, 3.63) is 43.7 Å². The van der Waals surface area contributed by atoms with Gasteiger partial charge in [0.05, 0.1) is 34.6 Å². The van der Waals surface area contributed by atoms with Crippen molar-refractivity contribution >= 4 is 45.8 Å². The van der Waals surface area contributed by atoms with E-state index >= 15 is 0 Å². The van der Waals surface area contributed by atoms with Crippen LogP contribution < -0.4 is 5.73 Å². The number of nitrogen functional groups attached to an aromatic ring is 1. The summed E-state index contributed by atoms with van der Waals surface area (Å²) in [6.07, 6.45) is -3.35. The van der Waals surface area contributed by atoms with Crippen molar-refractivity contribution in [3.8, 4) is 11.8 Å². The van der Waals surface area contributed by atoms with Crippen LogP contribution in [0.4, 0.5) is 18.9 Å². The zero-order chi connectivity index (χ0) is 18.2. The number of aromatic nitrogens is 1. The summed E-state index contributed by atoms with van der Waals surface area (Å²) in [6, 6.07) is 3.42. The van der Waals surface area contributed by atoms with Crippen molar-refractivity contribution in [2.45, 2.75) is 6.18 Å². The highest BCUT2D eigenvalue weighted by molar-refractivity contribution is 14.1. The van der Waals surface area contributed by atoms with Gasteiger partial charge in [-0.25, -0.2) is 4.79 Å². The third kappa shape index (κ3) is 3.16. The molecule has 0 amide bonds. The van der Waals surface area contributed by atoms with Crippen molar-refractivity contribution in [1.82, 2.24) is 4.57 Å². The molecule has 1 aromatic heterocycles. The van der Waals surface area contributed by atoms with Gasteiger partial charge in [0.1, 0.15) is 6.07 Å². The highest BCUT2D eigenvalue weighted by Gasteiger charge is 2.33. The Hall–Kier alpha value is -1.93. The normalized spacial score (nSPS) is 11.2. The number of alkyl halides is 3. The first kappa shape index (κ1) is 18.4. The summed E-state index contributed by atoms with van der Waals surface area (Å²) < 4.78 is 44.5. The van der Waals surface area contributed by atoms with Crippen LogP contribution in [0.25, 0.3) is 5.69 Å². The molecule has 2 rings (SSSR count). The molecule has 5 nitrogen and oxygen atoms in total. The first-order valence-corrected chi connectivity index (χ1v) is 7.63. The Morgan fingerprint density at radius 1 is 1.46 bits per heavy atom. The van der Waals surface area contributed by atoms with E-state index < -0.39 is 17.7 Å². The SMILES string of the molecule is COC(=O)c1c(N)c(C#N)cn1-c1c(Cl)cc(C(F)(F)F)cc1I. The minimum absolute atomic E-state index is 0.0258. The zero-order valence-corrected chi connectivity index (χ0v) is 14.8. The fourth-order valence-corrected chi connectivity index (χ4v) is 3.41. The predicted molar refractivity (Wildman–Crippen MR) is 89.0 cm³/mol. The van der Waals surface area contributed by atoms with Crippen LogP contribution >= 0.6 is 34.2 Å². The second kappa shape index (κ2) is 6.52. The number of methoxy groups -OCH3 is 1. The van der Waals surface area contributed by atoms with Crippen LogP contribution in [0, 0.1) is 14.9 Å². The summed E-state index contributed by atoms with van der Waals surface area (Å²) in [5.74, 6) is -0.847. The van der Waals surface area contributed by atoms with E-state index in [1.807, 2.05) is 0 Å². The Labute approximate surface area is 152 Å². The number of anilines is 1. The topological polar surface area (TPSA) is 81.0 Å². The number of benzene rings is 1. The predicted octanol–water partition coefficient (Wildman–Crippen LogP) is 3.99. The van der Waals surface area contributed by atoms with Gasteiger partial charge in [-0.15, -0.1) is 0 Å². The number of rotatable bonds is 2. The molecule has 0 saturated carbocycles. The van der Waals surface area contributed by atoms with Gasteiger partial charge in [-0.05, 0) is 34.7 Å². The minimum atomic E-state index is -4.57. The molecule has 0 atom stereocenters. The van der Waals surface area contributed by atoms with Gasteiger partial charge in [0.25, 0.3) is 0 Å². The Morgan fingerprint density at radius 3 is 2.54 bits per heavy atom. The maximum Gasteiger partial charge on any atom is 0.416 e. The average molecular weight is 470 g/mol. The lowest BCUT2D eigenvalue weighted by molar-refractivity contribution is -0.137. The molecule has 0 aliphatic carbocycles. The molecule has 0 bridgehead atoms. The fraction of sp³-hybridized carbons (Fsp3) is 0.143. The molecule has 0 spiro atoms. The van der Waals surface area contributed by atoms with E-state index in [0.29, 0.717) is 0 Å². The number of ether oxygens (including phenoxy) is 1. The fourth-order valence-electron chi connectivity index (χ4n) is 2.05. The maximum atomic E-state index is 12.9. The van der Waals surface area contributed by atoms with Crippen molar-refractivity contribution in [1.29, 1.82) is 5.26 Å². The monoisotopic (exact) mass is 469 g/mol. The lowest BCUT2D eigenvalue weighted by Gasteiger charge is -2.15. The van der Waals surface area contributed by atoms with E-state index in [-0.39, 0.29) is 31.2 Å². The Balaban J connectivity index is 2.79. The molecule has 10 heteroatoms. The third-order valence-corrected chi connectivity index (χ3v) is 4.24. The number of hydrogen-bond acceptors (Lipinski definition) is 4. The highest BCUT2D eigenvalue weighted by atomic mass is 127. The van der Waals surface area contributed by atoms with E-state index in [1.165, 1.54) is 6.20 Å². The Bertz CT molecular complexity index is 848. The van der Waals surface area contributed by atoms with Crippen molar-refractivity contribution in [3.63, 3.8) is 0 Å². The van der Waals surface area contributed by atoms with E-state index in [9.17, 15) is 18.0 Å². The molecule has 0 fully saturated rings.